The summed E-state index contributed by atoms with van der Waals surface area (Å²) in [6, 6.07) is 0. The lowest BCUT2D eigenvalue weighted by Gasteiger charge is -2.21. The Balaban J connectivity index is 5.22. The Morgan fingerprint density at radius 2 is 0.469 bits per heavy atom. The summed E-state index contributed by atoms with van der Waals surface area (Å²) in [5, 5.41) is 10.6. The van der Waals surface area contributed by atoms with Gasteiger partial charge in [-0.05, 0) is 43.4 Å². The Labute approximate surface area is 600 Å². The molecule has 0 aliphatic heterocycles. The highest BCUT2D eigenvalue weighted by molar-refractivity contribution is 7.47. The van der Waals surface area contributed by atoms with Gasteiger partial charge in [-0.15, -0.1) is 0 Å². The maximum absolute atomic E-state index is 13.1. The van der Waals surface area contributed by atoms with Gasteiger partial charge in [0.25, 0.3) is 0 Å². The summed E-state index contributed by atoms with van der Waals surface area (Å²) >= 11 is 0. The van der Waals surface area contributed by atoms with Gasteiger partial charge in [0.2, 0.25) is 0 Å². The number of phosphoric ester groups is 2. The average molecular weight is 1440 g/mol. The molecule has 0 bridgehead atoms. The molecule has 0 heterocycles. The van der Waals surface area contributed by atoms with Crippen LogP contribution in [0.4, 0.5) is 0 Å². The van der Waals surface area contributed by atoms with Crippen molar-refractivity contribution < 1.29 is 80.2 Å². The molecule has 0 saturated carbocycles. The van der Waals surface area contributed by atoms with Gasteiger partial charge in [-0.1, -0.05) is 357 Å². The van der Waals surface area contributed by atoms with Gasteiger partial charge in [-0.2, -0.15) is 0 Å². The van der Waals surface area contributed by atoms with E-state index in [0.29, 0.717) is 25.7 Å². The predicted octanol–water partition coefficient (Wildman–Crippen LogP) is 23.4. The molecule has 98 heavy (non-hydrogen) atoms. The molecule has 0 aromatic rings. The molecule has 0 rings (SSSR count). The minimum atomic E-state index is -4.96. The fourth-order valence-electron chi connectivity index (χ4n) is 12.1. The van der Waals surface area contributed by atoms with Crippen molar-refractivity contribution in [3.05, 3.63) is 0 Å². The Bertz CT molecular complexity index is 1900. The standard InChI is InChI=1S/C79H154O17P2/c1-8-9-10-11-12-29-39-46-53-60-76(81)89-66-74(96-79(84)63-56-49-42-35-28-27-32-38-45-52-59-72(6)7)68-93-97(85,86)91-64-73(80)65-92-98(87,88)94-69-75(67-90-77(82)61-54-47-40-33-25-21-18-17-20-24-31-37-44-51-58-71(4)5)95-78(83)62-55-48-41-34-26-22-16-14-13-15-19-23-30-36-43-50-57-70(2)3/h70-75,80H,8-69H2,1-7H3,(H,85,86)(H,87,88)/t73-,74+,75+/m0/s1. The highest BCUT2D eigenvalue weighted by Crippen LogP contribution is 2.45. The van der Waals surface area contributed by atoms with Gasteiger partial charge < -0.3 is 33.8 Å². The third-order valence-corrected chi connectivity index (χ3v) is 20.3. The summed E-state index contributed by atoms with van der Waals surface area (Å²) in [7, 11) is -9.91. The third-order valence-electron chi connectivity index (χ3n) is 18.4. The topological polar surface area (TPSA) is 237 Å². The van der Waals surface area contributed by atoms with Crippen LogP contribution >= 0.6 is 15.6 Å². The van der Waals surface area contributed by atoms with Crippen LogP contribution in [0.3, 0.4) is 0 Å². The fourth-order valence-corrected chi connectivity index (χ4v) is 13.7. The Morgan fingerprint density at radius 3 is 0.694 bits per heavy atom. The van der Waals surface area contributed by atoms with Crippen LogP contribution in [0.1, 0.15) is 408 Å². The number of hydrogen-bond donors (Lipinski definition) is 3. The number of ether oxygens (including phenoxy) is 4. The lowest BCUT2D eigenvalue weighted by molar-refractivity contribution is -0.161. The Morgan fingerprint density at radius 1 is 0.276 bits per heavy atom. The number of esters is 4. The largest absolute Gasteiger partial charge is 0.472 e. The zero-order valence-electron chi connectivity index (χ0n) is 64.3. The molecule has 5 atom stereocenters. The van der Waals surface area contributed by atoms with Crippen molar-refractivity contribution in [1.82, 2.24) is 0 Å². The number of hydrogen-bond acceptors (Lipinski definition) is 15. The molecular formula is C79H154O17P2. The van der Waals surface area contributed by atoms with E-state index in [2.05, 4.69) is 48.5 Å². The normalized spacial score (nSPS) is 14.0. The van der Waals surface area contributed by atoms with E-state index in [9.17, 15) is 43.2 Å². The number of carbonyl (C=O) groups is 4. The van der Waals surface area contributed by atoms with Gasteiger partial charge in [0.15, 0.2) is 12.2 Å². The van der Waals surface area contributed by atoms with Crippen LogP contribution in [0.2, 0.25) is 0 Å². The molecule has 0 radical (unpaired) electrons. The predicted molar refractivity (Wildman–Crippen MR) is 400 cm³/mol. The van der Waals surface area contributed by atoms with Crippen LogP contribution in [0, 0.1) is 17.8 Å². The molecule has 0 aliphatic rings. The molecule has 0 aromatic carbocycles. The second-order valence-corrected chi connectivity index (χ2v) is 32.8. The van der Waals surface area contributed by atoms with E-state index in [1.54, 1.807) is 0 Å². The molecule has 0 saturated heterocycles. The van der Waals surface area contributed by atoms with E-state index in [4.69, 9.17) is 37.0 Å². The van der Waals surface area contributed by atoms with E-state index in [-0.39, 0.29) is 25.7 Å². The quantitative estimate of drug-likeness (QED) is 0.0222. The number of unbranched alkanes of at least 4 members (excludes halogenated alkanes) is 45. The molecule has 582 valence electrons. The fraction of sp³-hybridized carbons (Fsp3) is 0.949. The summed E-state index contributed by atoms with van der Waals surface area (Å²) in [4.78, 5) is 72.9. The molecule has 3 N–H and O–H groups in total. The second kappa shape index (κ2) is 69.4. The van der Waals surface area contributed by atoms with Crippen molar-refractivity contribution in [2.24, 2.45) is 17.8 Å². The van der Waals surface area contributed by atoms with Gasteiger partial charge in [-0.25, -0.2) is 9.13 Å². The molecule has 0 aliphatic carbocycles. The molecule has 17 nitrogen and oxygen atoms in total. The van der Waals surface area contributed by atoms with Crippen LogP contribution in [-0.2, 0) is 65.4 Å². The van der Waals surface area contributed by atoms with E-state index in [1.807, 2.05) is 0 Å². The molecule has 0 amide bonds. The van der Waals surface area contributed by atoms with E-state index in [0.717, 1.165) is 108 Å². The molecular weight excluding hydrogens is 1280 g/mol. The van der Waals surface area contributed by atoms with Crippen molar-refractivity contribution in [2.75, 3.05) is 39.6 Å². The second-order valence-electron chi connectivity index (χ2n) is 29.9. The van der Waals surface area contributed by atoms with Crippen molar-refractivity contribution in [3.8, 4) is 0 Å². The first-order chi connectivity index (χ1) is 47.2. The van der Waals surface area contributed by atoms with E-state index in [1.165, 1.54) is 218 Å². The highest BCUT2D eigenvalue weighted by atomic mass is 31.2. The van der Waals surface area contributed by atoms with Crippen LogP contribution in [0.15, 0.2) is 0 Å². The summed E-state index contributed by atoms with van der Waals surface area (Å²) in [5.74, 6) is 0.246. The maximum Gasteiger partial charge on any atom is 0.472 e. The number of rotatable bonds is 77. The zero-order chi connectivity index (χ0) is 72.3. The van der Waals surface area contributed by atoms with Crippen molar-refractivity contribution in [3.63, 3.8) is 0 Å². The van der Waals surface area contributed by atoms with Gasteiger partial charge in [0.05, 0.1) is 26.4 Å². The lowest BCUT2D eigenvalue weighted by Crippen LogP contribution is -2.30. The van der Waals surface area contributed by atoms with Crippen LogP contribution in [-0.4, -0.2) is 96.7 Å². The van der Waals surface area contributed by atoms with E-state index >= 15 is 0 Å². The summed E-state index contributed by atoms with van der Waals surface area (Å²) in [6.07, 6.45) is 56.9. The molecule has 0 fully saturated rings. The Hall–Kier alpha value is -1.94. The monoisotopic (exact) mass is 1440 g/mol. The van der Waals surface area contributed by atoms with Crippen molar-refractivity contribution >= 4 is 39.5 Å². The molecule has 19 heteroatoms. The van der Waals surface area contributed by atoms with Crippen molar-refractivity contribution in [1.29, 1.82) is 0 Å². The number of aliphatic hydroxyl groups excluding tert-OH is 1. The van der Waals surface area contributed by atoms with Crippen LogP contribution < -0.4 is 0 Å². The first-order valence-electron chi connectivity index (χ1n) is 40.8. The first kappa shape index (κ1) is 96.1. The van der Waals surface area contributed by atoms with Crippen molar-refractivity contribution in [2.45, 2.75) is 426 Å². The SMILES string of the molecule is CCCCCCCCCCCC(=O)OC[C@H](COP(=O)(O)OC[C@H](O)COP(=O)(O)OC[C@@H](COC(=O)CCCCCCCCCCCCCCCCC(C)C)OC(=O)CCCCCCCCCCCCCCCCCCC(C)C)OC(=O)CCCCCCCCCCCCC(C)C. The molecule has 0 spiro atoms. The third kappa shape index (κ3) is 72.4. The van der Waals surface area contributed by atoms with Gasteiger partial charge in [0, 0.05) is 25.7 Å². The number of aliphatic hydroxyl groups is 1. The van der Waals surface area contributed by atoms with Crippen LogP contribution in [0.25, 0.3) is 0 Å². The molecule has 0 aromatic heterocycles. The minimum absolute atomic E-state index is 0.106. The lowest BCUT2D eigenvalue weighted by atomic mass is 10.0. The average Bonchev–Trinajstić information content (AvgIpc) is 1.24. The highest BCUT2D eigenvalue weighted by Gasteiger charge is 2.30. The van der Waals surface area contributed by atoms with Gasteiger partial charge in [0.1, 0.15) is 19.3 Å². The van der Waals surface area contributed by atoms with Gasteiger partial charge >= 0.3 is 39.5 Å². The maximum atomic E-state index is 13.1. The number of phosphoric acid groups is 2. The molecule has 2 unspecified atom stereocenters. The Kier molecular flexibility index (Phi) is 68.1. The summed E-state index contributed by atoms with van der Waals surface area (Å²) in [6.45, 7) is 12.0. The summed E-state index contributed by atoms with van der Waals surface area (Å²) < 4.78 is 68.6. The van der Waals surface area contributed by atoms with E-state index < -0.39 is 97.5 Å². The van der Waals surface area contributed by atoms with Gasteiger partial charge in [-0.3, -0.25) is 37.3 Å². The first-order valence-corrected chi connectivity index (χ1v) is 43.8. The smallest absolute Gasteiger partial charge is 0.462 e. The minimum Gasteiger partial charge on any atom is -0.462 e. The zero-order valence-corrected chi connectivity index (χ0v) is 66.0. The summed E-state index contributed by atoms with van der Waals surface area (Å²) in [5.41, 5.74) is 0. The van der Waals surface area contributed by atoms with Crippen LogP contribution in [0.5, 0.6) is 0 Å². The number of carbonyl (C=O) groups excluding carboxylic acids is 4.